The zero-order valence-corrected chi connectivity index (χ0v) is 12.0. The van der Waals surface area contributed by atoms with Crippen molar-refractivity contribution in [2.45, 2.75) is 19.9 Å². The first kappa shape index (κ1) is 13.1. The van der Waals surface area contributed by atoms with Gasteiger partial charge in [-0.1, -0.05) is 6.92 Å². The third-order valence-corrected chi connectivity index (χ3v) is 3.49. The predicted molar refractivity (Wildman–Crippen MR) is 77.2 cm³/mol. The lowest BCUT2D eigenvalue weighted by molar-refractivity contribution is 0.380. The van der Waals surface area contributed by atoms with Crippen LogP contribution in [0.2, 0.25) is 0 Å². The van der Waals surface area contributed by atoms with Crippen molar-refractivity contribution >= 4 is 17.0 Å². The lowest BCUT2D eigenvalue weighted by Crippen LogP contribution is -2.44. The number of methoxy groups -OCH3 is 1. The number of nitrogens with zero attached hydrogens (tertiary/aromatic N) is 5. The van der Waals surface area contributed by atoms with Crippen molar-refractivity contribution in [3.05, 3.63) is 6.33 Å². The highest BCUT2D eigenvalue weighted by Gasteiger charge is 2.20. The molecule has 7 heteroatoms. The SMILES string of the molecule is CCCn1cnc2c(N3CCNCC3)nc(OC)nc21. The number of rotatable bonds is 4. The van der Waals surface area contributed by atoms with Crippen LogP contribution < -0.4 is 15.0 Å². The molecule has 108 valence electrons. The van der Waals surface area contributed by atoms with E-state index < -0.39 is 0 Å². The second-order valence-corrected chi connectivity index (χ2v) is 4.88. The van der Waals surface area contributed by atoms with Crippen LogP contribution in [0.3, 0.4) is 0 Å². The maximum Gasteiger partial charge on any atom is 0.320 e. The number of ether oxygens (including phenoxy) is 1. The number of anilines is 1. The fourth-order valence-electron chi connectivity index (χ4n) is 2.50. The van der Waals surface area contributed by atoms with Gasteiger partial charge in [-0.05, 0) is 6.42 Å². The first-order valence-electron chi connectivity index (χ1n) is 7.06. The van der Waals surface area contributed by atoms with E-state index in [4.69, 9.17) is 4.74 Å². The van der Waals surface area contributed by atoms with Crippen LogP contribution in [0.25, 0.3) is 11.2 Å². The molecule has 0 amide bonds. The van der Waals surface area contributed by atoms with Gasteiger partial charge in [-0.2, -0.15) is 9.97 Å². The number of imidazole rings is 1. The first-order valence-corrected chi connectivity index (χ1v) is 7.06. The van der Waals surface area contributed by atoms with Crippen LogP contribution in [0.4, 0.5) is 5.82 Å². The molecule has 1 saturated heterocycles. The molecule has 0 saturated carbocycles. The quantitative estimate of drug-likeness (QED) is 0.884. The summed E-state index contributed by atoms with van der Waals surface area (Å²) in [7, 11) is 1.60. The summed E-state index contributed by atoms with van der Waals surface area (Å²) in [4.78, 5) is 15.7. The van der Waals surface area contributed by atoms with Gasteiger partial charge in [0.05, 0.1) is 13.4 Å². The summed E-state index contributed by atoms with van der Waals surface area (Å²) in [5.74, 6) is 0.878. The molecule has 1 aliphatic heterocycles. The summed E-state index contributed by atoms with van der Waals surface area (Å²) in [5, 5.41) is 3.34. The van der Waals surface area contributed by atoms with E-state index in [2.05, 4.69) is 36.7 Å². The number of aromatic nitrogens is 4. The van der Waals surface area contributed by atoms with Crippen molar-refractivity contribution in [3.63, 3.8) is 0 Å². The number of hydrogen-bond acceptors (Lipinski definition) is 6. The van der Waals surface area contributed by atoms with E-state index in [1.807, 2.05) is 6.33 Å². The molecule has 0 aliphatic carbocycles. The van der Waals surface area contributed by atoms with Crippen LogP contribution in [0.15, 0.2) is 6.33 Å². The van der Waals surface area contributed by atoms with E-state index in [1.165, 1.54) is 0 Å². The highest BCUT2D eigenvalue weighted by Crippen LogP contribution is 2.25. The molecule has 1 fully saturated rings. The molecule has 7 nitrogen and oxygen atoms in total. The Morgan fingerprint density at radius 1 is 1.30 bits per heavy atom. The minimum absolute atomic E-state index is 0.406. The van der Waals surface area contributed by atoms with Crippen molar-refractivity contribution < 1.29 is 4.74 Å². The van der Waals surface area contributed by atoms with Crippen LogP contribution in [0, 0.1) is 0 Å². The van der Waals surface area contributed by atoms with Gasteiger partial charge in [-0.15, -0.1) is 0 Å². The molecule has 0 aromatic carbocycles. The molecule has 2 aromatic heterocycles. The molecule has 1 N–H and O–H groups in total. The van der Waals surface area contributed by atoms with Gasteiger partial charge in [0.1, 0.15) is 0 Å². The Hall–Kier alpha value is -1.89. The monoisotopic (exact) mass is 276 g/mol. The Balaban J connectivity index is 2.09. The molecule has 0 atom stereocenters. The molecule has 0 unspecified atom stereocenters. The van der Waals surface area contributed by atoms with Gasteiger partial charge in [0.15, 0.2) is 17.0 Å². The molecule has 2 aromatic rings. The van der Waals surface area contributed by atoms with Gasteiger partial charge in [-0.3, -0.25) is 0 Å². The van der Waals surface area contributed by atoms with Crippen molar-refractivity contribution in [2.24, 2.45) is 0 Å². The fourth-order valence-corrected chi connectivity index (χ4v) is 2.50. The van der Waals surface area contributed by atoms with Gasteiger partial charge in [-0.25, -0.2) is 4.98 Å². The van der Waals surface area contributed by atoms with E-state index in [9.17, 15) is 0 Å². The third-order valence-electron chi connectivity index (χ3n) is 3.49. The van der Waals surface area contributed by atoms with Gasteiger partial charge in [0.25, 0.3) is 0 Å². The number of nitrogens with one attached hydrogen (secondary N) is 1. The van der Waals surface area contributed by atoms with Crippen molar-refractivity contribution in [1.82, 2.24) is 24.8 Å². The number of fused-ring (bicyclic) bond motifs is 1. The Bertz CT molecular complexity index is 590. The van der Waals surface area contributed by atoms with Crippen molar-refractivity contribution in [2.75, 3.05) is 38.2 Å². The molecule has 3 rings (SSSR count). The summed E-state index contributed by atoms with van der Waals surface area (Å²) in [6.45, 7) is 6.82. The number of aryl methyl sites for hydroxylation is 1. The normalized spacial score (nSPS) is 15.8. The van der Waals surface area contributed by atoms with Crippen LogP contribution >= 0.6 is 0 Å². The van der Waals surface area contributed by atoms with Gasteiger partial charge < -0.3 is 19.5 Å². The maximum absolute atomic E-state index is 5.25. The minimum Gasteiger partial charge on any atom is -0.467 e. The van der Waals surface area contributed by atoms with Crippen LogP contribution in [-0.2, 0) is 6.54 Å². The van der Waals surface area contributed by atoms with Crippen LogP contribution in [0.5, 0.6) is 6.01 Å². The predicted octanol–water partition coefficient (Wildman–Crippen LogP) is 0.654. The zero-order chi connectivity index (χ0) is 13.9. The second-order valence-electron chi connectivity index (χ2n) is 4.88. The highest BCUT2D eigenvalue weighted by atomic mass is 16.5. The van der Waals surface area contributed by atoms with Crippen molar-refractivity contribution in [3.8, 4) is 6.01 Å². The molecule has 0 spiro atoms. The van der Waals surface area contributed by atoms with E-state index >= 15 is 0 Å². The molecular formula is C13H20N6O. The lowest BCUT2D eigenvalue weighted by atomic mass is 10.3. The Labute approximate surface area is 118 Å². The van der Waals surface area contributed by atoms with Gasteiger partial charge >= 0.3 is 6.01 Å². The first-order chi connectivity index (χ1) is 9.83. The lowest BCUT2D eigenvalue weighted by Gasteiger charge is -2.28. The minimum atomic E-state index is 0.406. The molecular weight excluding hydrogens is 256 g/mol. The average Bonchev–Trinajstić information content (AvgIpc) is 2.91. The Morgan fingerprint density at radius 2 is 2.10 bits per heavy atom. The summed E-state index contributed by atoms with van der Waals surface area (Å²) < 4.78 is 7.31. The van der Waals surface area contributed by atoms with Crippen molar-refractivity contribution in [1.29, 1.82) is 0 Å². The number of piperazine rings is 1. The molecule has 0 radical (unpaired) electrons. The Morgan fingerprint density at radius 3 is 2.80 bits per heavy atom. The average molecular weight is 276 g/mol. The third kappa shape index (κ3) is 2.29. The molecule has 20 heavy (non-hydrogen) atoms. The zero-order valence-electron chi connectivity index (χ0n) is 12.0. The fraction of sp³-hybridized carbons (Fsp3) is 0.615. The summed E-state index contributed by atoms with van der Waals surface area (Å²) in [5.41, 5.74) is 1.72. The van der Waals surface area contributed by atoms with Crippen LogP contribution in [0.1, 0.15) is 13.3 Å². The second kappa shape index (κ2) is 5.62. The van der Waals surface area contributed by atoms with E-state index in [-0.39, 0.29) is 0 Å². The largest absolute Gasteiger partial charge is 0.467 e. The molecule has 0 bridgehead atoms. The smallest absolute Gasteiger partial charge is 0.320 e. The molecule has 3 heterocycles. The summed E-state index contributed by atoms with van der Waals surface area (Å²) in [6, 6.07) is 0.406. The summed E-state index contributed by atoms with van der Waals surface area (Å²) in [6.07, 6.45) is 2.88. The van der Waals surface area contributed by atoms with Gasteiger partial charge in [0, 0.05) is 32.7 Å². The highest BCUT2D eigenvalue weighted by molar-refractivity contribution is 5.84. The Kier molecular flexibility index (Phi) is 3.68. The van der Waals surface area contributed by atoms with E-state index in [0.717, 1.165) is 56.1 Å². The van der Waals surface area contributed by atoms with E-state index in [1.54, 1.807) is 7.11 Å². The molecule has 1 aliphatic rings. The van der Waals surface area contributed by atoms with E-state index in [0.29, 0.717) is 6.01 Å². The topological polar surface area (TPSA) is 68.1 Å². The maximum atomic E-state index is 5.25. The standard InChI is InChI=1S/C13H20N6O/c1-3-6-19-9-15-10-11(18-7-4-14-5-8-18)16-13(20-2)17-12(10)19/h9,14H,3-8H2,1-2H3. The van der Waals surface area contributed by atoms with Gasteiger partial charge in [0.2, 0.25) is 0 Å². The summed E-state index contributed by atoms with van der Waals surface area (Å²) >= 11 is 0. The van der Waals surface area contributed by atoms with Crippen LogP contribution in [-0.4, -0.2) is 52.8 Å². The number of hydrogen-bond donors (Lipinski definition) is 1.